The first kappa shape index (κ1) is 25.4. The standard InChI is InChI=1S/C32H51NO3/c1-22(5-10-29(35)33-18-16-32(17-19-33)13-4-20-36-32)26-8-9-27-25-7-6-23-21-24(34)11-14-30(23,2)28(25)12-15-31(26,27)3/h6,22,24-28,34H,4-5,7-21H2,1-3H3/t22-,24+,25+,26-,27+,28+,30+,31-/m1/s1. The Balaban J connectivity index is 1.06. The second-order valence-corrected chi connectivity index (χ2v) is 14.4. The van der Waals surface area contributed by atoms with Crippen molar-refractivity contribution >= 4 is 5.91 Å². The maximum Gasteiger partial charge on any atom is 0.222 e. The molecule has 202 valence electrons. The normalized spacial score (nSPS) is 44.5. The summed E-state index contributed by atoms with van der Waals surface area (Å²) in [6.07, 6.45) is 18.5. The highest BCUT2D eigenvalue weighted by molar-refractivity contribution is 5.76. The smallest absolute Gasteiger partial charge is 0.222 e. The van der Waals surface area contributed by atoms with Crippen LogP contribution in [0.1, 0.15) is 111 Å². The van der Waals surface area contributed by atoms with Crippen molar-refractivity contribution in [2.24, 2.45) is 40.4 Å². The highest BCUT2D eigenvalue weighted by Gasteiger charge is 2.59. The third-order valence-corrected chi connectivity index (χ3v) is 12.9. The zero-order valence-electron chi connectivity index (χ0n) is 23.3. The molecule has 2 aliphatic heterocycles. The van der Waals surface area contributed by atoms with E-state index in [-0.39, 0.29) is 11.7 Å². The lowest BCUT2D eigenvalue weighted by Gasteiger charge is -2.58. The van der Waals surface area contributed by atoms with E-state index in [2.05, 4.69) is 31.7 Å². The predicted molar refractivity (Wildman–Crippen MR) is 143 cm³/mol. The number of ether oxygens (including phenoxy) is 1. The molecule has 4 nitrogen and oxygen atoms in total. The second-order valence-electron chi connectivity index (χ2n) is 14.4. The SMILES string of the molecule is C[C@H](CCC(=O)N1CCC2(CCCO2)CC1)[C@H]1CC[C@H]2[C@@H]3CC=C4C[C@@H](O)CC[C@]4(C)[C@H]3CC[C@]12C. The fourth-order valence-electron chi connectivity index (χ4n) is 10.6. The number of carbonyl (C=O) groups is 1. The van der Waals surface area contributed by atoms with Crippen LogP contribution in [0.5, 0.6) is 0 Å². The molecule has 0 unspecified atom stereocenters. The molecule has 4 aliphatic carbocycles. The molecule has 1 amide bonds. The van der Waals surface area contributed by atoms with Crippen molar-refractivity contribution in [2.75, 3.05) is 19.7 Å². The van der Waals surface area contributed by atoms with E-state index in [4.69, 9.17) is 4.74 Å². The van der Waals surface area contributed by atoms with Crippen molar-refractivity contribution in [1.82, 2.24) is 4.90 Å². The number of rotatable bonds is 4. The van der Waals surface area contributed by atoms with Gasteiger partial charge in [0.15, 0.2) is 0 Å². The summed E-state index contributed by atoms with van der Waals surface area (Å²) in [6, 6.07) is 0. The van der Waals surface area contributed by atoms with Crippen LogP contribution in [0.2, 0.25) is 0 Å². The largest absolute Gasteiger partial charge is 0.393 e. The number of hydrogen-bond donors (Lipinski definition) is 1. The Labute approximate surface area is 219 Å². The Morgan fingerprint density at radius 1 is 1.08 bits per heavy atom. The van der Waals surface area contributed by atoms with Crippen molar-refractivity contribution in [1.29, 1.82) is 0 Å². The summed E-state index contributed by atoms with van der Waals surface area (Å²) in [5.41, 5.74) is 2.45. The van der Waals surface area contributed by atoms with Crippen LogP contribution >= 0.6 is 0 Å². The molecule has 1 N–H and O–H groups in total. The van der Waals surface area contributed by atoms with Crippen molar-refractivity contribution < 1.29 is 14.6 Å². The molecule has 6 rings (SSSR count). The molecule has 4 heteroatoms. The van der Waals surface area contributed by atoms with Crippen LogP contribution < -0.4 is 0 Å². The molecule has 0 radical (unpaired) electrons. The van der Waals surface area contributed by atoms with E-state index in [1.54, 1.807) is 5.57 Å². The average Bonchev–Trinajstić information content (AvgIpc) is 3.47. The van der Waals surface area contributed by atoms with Gasteiger partial charge < -0.3 is 14.7 Å². The van der Waals surface area contributed by atoms with Crippen LogP contribution in [0.3, 0.4) is 0 Å². The molecule has 3 saturated carbocycles. The molecule has 1 spiro atoms. The Bertz CT molecular complexity index is 867. The molecule has 0 bridgehead atoms. The topological polar surface area (TPSA) is 49.8 Å². The number of allylic oxidation sites excluding steroid dienone is 1. The zero-order valence-corrected chi connectivity index (χ0v) is 23.3. The molecule has 5 fully saturated rings. The average molecular weight is 498 g/mol. The van der Waals surface area contributed by atoms with Gasteiger partial charge in [-0.3, -0.25) is 4.79 Å². The van der Waals surface area contributed by atoms with Crippen molar-refractivity contribution in [3.05, 3.63) is 11.6 Å². The highest BCUT2D eigenvalue weighted by atomic mass is 16.5. The van der Waals surface area contributed by atoms with Crippen LogP contribution in [0, 0.1) is 40.4 Å². The first-order chi connectivity index (χ1) is 17.2. The minimum Gasteiger partial charge on any atom is -0.393 e. The van der Waals surface area contributed by atoms with E-state index in [1.807, 2.05) is 0 Å². The molecular formula is C32H51NO3. The number of likely N-dealkylation sites (tertiary alicyclic amines) is 1. The summed E-state index contributed by atoms with van der Waals surface area (Å²) in [5.74, 6) is 4.25. The number of nitrogens with zero attached hydrogens (tertiary/aromatic N) is 1. The van der Waals surface area contributed by atoms with Gasteiger partial charge in [0.1, 0.15) is 0 Å². The van der Waals surface area contributed by atoms with Crippen LogP contribution in [-0.2, 0) is 9.53 Å². The van der Waals surface area contributed by atoms with E-state index < -0.39 is 0 Å². The van der Waals surface area contributed by atoms with Crippen LogP contribution in [0.15, 0.2) is 11.6 Å². The lowest BCUT2D eigenvalue weighted by molar-refractivity contribution is -0.136. The van der Waals surface area contributed by atoms with Crippen LogP contribution in [0.25, 0.3) is 0 Å². The molecular weight excluding hydrogens is 446 g/mol. The number of aliphatic hydroxyl groups is 1. The third-order valence-electron chi connectivity index (χ3n) is 12.9. The lowest BCUT2D eigenvalue weighted by atomic mass is 9.47. The summed E-state index contributed by atoms with van der Waals surface area (Å²) in [4.78, 5) is 15.3. The molecule has 2 heterocycles. The minimum atomic E-state index is -0.115. The van der Waals surface area contributed by atoms with E-state index >= 15 is 0 Å². The molecule has 0 aromatic rings. The Morgan fingerprint density at radius 3 is 2.64 bits per heavy atom. The van der Waals surface area contributed by atoms with Crippen molar-refractivity contribution in [2.45, 2.75) is 122 Å². The zero-order chi connectivity index (χ0) is 25.1. The number of aliphatic hydroxyl groups excluding tert-OH is 1. The summed E-state index contributed by atoms with van der Waals surface area (Å²) < 4.78 is 6.06. The van der Waals surface area contributed by atoms with Crippen LogP contribution in [0.4, 0.5) is 0 Å². The van der Waals surface area contributed by atoms with Gasteiger partial charge in [0, 0.05) is 26.1 Å². The maximum absolute atomic E-state index is 13.1. The summed E-state index contributed by atoms with van der Waals surface area (Å²) in [6.45, 7) is 10.3. The highest BCUT2D eigenvalue weighted by Crippen LogP contribution is 2.67. The molecule has 0 aromatic carbocycles. The van der Waals surface area contributed by atoms with Gasteiger partial charge in [-0.15, -0.1) is 0 Å². The van der Waals surface area contributed by atoms with Crippen molar-refractivity contribution in [3.63, 3.8) is 0 Å². The predicted octanol–water partition coefficient (Wildman–Crippen LogP) is 6.51. The quantitative estimate of drug-likeness (QED) is 0.450. The van der Waals surface area contributed by atoms with Gasteiger partial charge >= 0.3 is 0 Å². The number of amides is 1. The molecule has 8 atom stereocenters. The summed E-state index contributed by atoms with van der Waals surface area (Å²) in [7, 11) is 0. The van der Waals surface area contributed by atoms with Gasteiger partial charge in [0.2, 0.25) is 5.91 Å². The first-order valence-corrected chi connectivity index (χ1v) is 15.5. The van der Waals surface area contributed by atoms with E-state index in [0.29, 0.717) is 22.7 Å². The lowest BCUT2D eigenvalue weighted by Crippen LogP contribution is -2.50. The fourth-order valence-corrected chi connectivity index (χ4v) is 10.6. The molecule has 0 aromatic heterocycles. The number of piperidine rings is 1. The second kappa shape index (κ2) is 9.40. The van der Waals surface area contributed by atoms with Crippen LogP contribution in [-0.4, -0.2) is 47.3 Å². The third kappa shape index (κ3) is 4.12. The Hall–Kier alpha value is -0.870. The van der Waals surface area contributed by atoms with Gasteiger partial charge in [-0.05, 0) is 124 Å². The van der Waals surface area contributed by atoms with E-state index in [1.165, 1.54) is 51.4 Å². The number of fused-ring (bicyclic) bond motifs is 5. The monoisotopic (exact) mass is 497 g/mol. The van der Waals surface area contributed by atoms with Gasteiger partial charge in [-0.2, -0.15) is 0 Å². The minimum absolute atomic E-state index is 0.0972. The fraction of sp³-hybridized carbons (Fsp3) is 0.906. The summed E-state index contributed by atoms with van der Waals surface area (Å²) >= 11 is 0. The first-order valence-electron chi connectivity index (χ1n) is 15.5. The molecule has 36 heavy (non-hydrogen) atoms. The van der Waals surface area contributed by atoms with Gasteiger partial charge in [0.25, 0.3) is 0 Å². The van der Waals surface area contributed by atoms with Crippen molar-refractivity contribution in [3.8, 4) is 0 Å². The number of hydrogen-bond acceptors (Lipinski definition) is 3. The Morgan fingerprint density at radius 2 is 1.89 bits per heavy atom. The van der Waals surface area contributed by atoms with E-state index in [9.17, 15) is 9.90 Å². The maximum atomic E-state index is 13.1. The molecule has 2 saturated heterocycles. The van der Waals surface area contributed by atoms with Gasteiger partial charge in [-0.1, -0.05) is 32.4 Å². The molecule has 6 aliphatic rings. The van der Waals surface area contributed by atoms with Gasteiger partial charge in [0.05, 0.1) is 11.7 Å². The Kier molecular flexibility index (Phi) is 6.63. The van der Waals surface area contributed by atoms with Gasteiger partial charge in [-0.25, -0.2) is 0 Å². The number of carbonyl (C=O) groups excluding carboxylic acids is 1. The van der Waals surface area contributed by atoms with E-state index in [0.717, 1.165) is 81.9 Å². The summed E-state index contributed by atoms with van der Waals surface area (Å²) in [5, 5.41) is 10.3.